The summed E-state index contributed by atoms with van der Waals surface area (Å²) in [6.45, 7) is 0. The van der Waals surface area contributed by atoms with Crippen LogP contribution in [-0.2, 0) is 0 Å². The van der Waals surface area contributed by atoms with E-state index in [0.29, 0.717) is 5.75 Å². The lowest BCUT2D eigenvalue weighted by molar-refractivity contribution is 0.393. The minimum Gasteiger partial charge on any atom is -0.497 e. The number of methoxy groups -OCH3 is 2. The Bertz CT molecular complexity index is 764. The fourth-order valence-electron chi connectivity index (χ4n) is 2.48. The first-order valence-corrected chi connectivity index (χ1v) is 6.68. The average molecular weight is 283 g/mol. The van der Waals surface area contributed by atoms with Crippen LogP contribution in [-0.4, -0.2) is 14.2 Å². The predicted molar refractivity (Wildman–Crippen MR) is 81.8 cm³/mol. The Hall–Kier alpha value is -2.46. The van der Waals surface area contributed by atoms with Gasteiger partial charge in [-0.15, -0.1) is 0 Å². The van der Waals surface area contributed by atoms with Gasteiger partial charge in [0.05, 0.1) is 26.5 Å². The van der Waals surface area contributed by atoms with E-state index < -0.39 is 6.04 Å². The highest BCUT2D eigenvalue weighted by Crippen LogP contribution is 2.35. The number of ether oxygens (including phenoxy) is 2. The number of benzene rings is 2. The van der Waals surface area contributed by atoms with Crippen molar-refractivity contribution in [2.24, 2.45) is 5.73 Å². The van der Waals surface area contributed by atoms with Crippen LogP contribution in [0.15, 0.2) is 53.1 Å². The molecule has 21 heavy (non-hydrogen) atoms. The Morgan fingerprint density at radius 1 is 1.05 bits per heavy atom. The fraction of sp³-hybridized carbons (Fsp3) is 0.176. The van der Waals surface area contributed by atoms with Crippen LogP contribution in [0.4, 0.5) is 0 Å². The predicted octanol–water partition coefficient (Wildman–Crippen LogP) is 3.50. The van der Waals surface area contributed by atoms with Crippen LogP contribution in [0.25, 0.3) is 10.8 Å². The van der Waals surface area contributed by atoms with E-state index in [-0.39, 0.29) is 0 Å². The Morgan fingerprint density at radius 2 is 1.86 bits per heavy atom. The summed E-state index contributed by atoms with van der Waals surface area (Å²) in [6, 6.07) is 13.1. The molecular weight excluding hydrogens is 266 g/mol. The molecule has 1 heterocycles. The number of furan rings is 1. The second-order valence-corrected chi connectivity index (χ2v) is 4.77. The van der Waals surface area contributed by atoms with Crippen LogP contribution in [0.2, 0.25) is 0 Å². The summed E-state index contributed by atoms with van der Waals surface area (Å²) in [4.78, 5) is 0. The SMILES string of the molecule is COc1ccc(OC)c(C(N)c2occ3ccccc23)c1. The molecule has 1 atom stereocenters. The Kier molecular flexibility index (Phi) is 3.54. The third-order valence-corrected chi connectivity index (χ3v) is 3.59. The van der Waals surface area contributed by atoms with Crippen LogP contribution >= 0.6 is 0 Å². The molecule has 2 N–H and O–H groups in total. The average Bonchev–Trinajstić information content (AvgIpc) is 2.97. The molecule has 2 aromatic carbocycles. The van der Waals surface area contributed by atoms with Crippen molar-refractivity contribution in [2.75, 3.05) is 14.2 Å². The zero-order chi connectivity index (χ0) is 14.8. The van der Waals surface area contributed by atoms with E-state index in [4.69, 9.17) is 19.6 Å². The molecule has 4 heteroatoms. The van der Waals surface area contributed by atoms with E-state index in [1.54, 1.807) is 20.5 Å². The number of fused-ring (bicyclic) bond motifs is 1. The number of nitrogens with two attached hydrogens (primary N) is 1. The molecule has 0 aliphatic rings. The van der Waals surface area contributed by atoms with Crippen molar-refractivity contribution >= 4 is 10.8 Å². The van der Waals surface area contributed by atoms with Gasteiger partial charge in [-0.25, -0.2) is 0 Å². The summed E-state index contributed by atoms with van der Waals surface area (Å²) >= 11 is 0. The van der Waals surface area contributed by atoms with Crippen molar-refractivity contribution in [1.29, 1.82) is 0 Å². The van der Waals surface area contributed by atoms with Gasteiger partial charge in [0.15, 0.2) is 0 Å². The van der Waals surface area contributed by atoms with E-state index in [9.17, 15) is 0 Å². The van der Waals surface area contributed by atoms with Crippen molar-refractivity contribution in [3.05, 3.63) is 60.1 Å². The molecule has 0 aliphatic heterocycles. The molecule has 1 unspecified atom stereocenters. The van der Waals surface area contributed by atoms with Crippen molar-refractivity contribution in [3.8, 4) is 11.5 Å². The Labute approximate surface area is 123 Å². The molecule has 0 radical (unpaired) electrons. The van der Waals surface area contributed by atoms with Crippen LogP contribution in [0.5, 0.6) is 11.5 Å². The van der Waals surface area contributed by atoms with E-state index in [1.165, 1.54) is 0 Å². The van der Waals surface area contributed by atoms with Crippen LogP contribution < -0.4 is 15.2 Å². The highest BCUT2D eigenvalue weighted by molar-refractivity contribution is 5.84. The Balaban J connectivity index is 2.11. The van der Waals surface area contributed by atoms with Crippen LogP contribution in [0.1, 0.15) is 17.4 Å². The molecule has 0 aliphatic carbocycles. The fourth-order valence-corrected chi connectivity index (χ4v) is 2.48. The van der Waals surface area contributed by atoms with Crippen molar-refractivity contribution in [2.45, 2.75) is 6.04 Å². The van der Waals surface area contributed by atoms with Gasteiger partial charge >= 0.3 is 0 Å². The van der Waals surface area contributed by atoms with E-state index in [1.807, 2.05) is 42.5 Å². The molecule has 1 aromatic heterocycles. The largest absolute Gasteiger partial charge is 0.497 e. The van der Waals surface area contributed by atoms with E-state index in [0.717, 1.165) is 27.8 Å². The van der Waals surface area contributed by atoms with Gasteiger partial charge in [-0.1, -0.05) is 24.3 Å². The number of hydrogen-bond donors (Lipinski definition) is 1. The summed E-state index contributed by atoms with van der Waals surface area (Å²) in [5, 5.41) is 2.04. The van der Waals surface area contributed by atoms with Crippen molar-refractivity contribution in [3.63, 3.8) is 0 Å². The van der Waals surface area contributed by atoms with Gasteiger partial charge in [-0.05, 0) is 18.2 Å². The molecule has 3 aromatic rings. The van der Waals surface area contributed by atoms with Gasteiger partial charge in [0, 0.05) is 16.3 Å². The quantitative estimate of drug-likeness (QED) is 0.796. The zero-order valence-electron chi connectivity index (χ0n) is 12.0. The van der Waals surface area contributed by atoms with E-state index in [2.05, 4.69) is 0 Å². The maximum Gasteiger partial charge on any atom is 0.132 e. The molecule has 0 spiro atoms. The van der Waals surface area contributed by atoms with Gasteiger partial charge in [-0.2, -0.15) is 0 Å². The van der Waals surface area contributed by atoms with Crippen molar-refractivity contribution < 1.29 is 13.9 Å². The van der Waals surface area contributed by atoms with Gasteiger partial charge < -0.3 is 19.6 Å². The molecule has 0 fully saturated rings. The zero-order valence-corrected chi connectivity index (χ0v) is 12.0. The maximum atomic E-state index is 6.40. The number of rotatable bonds is 4. The molecule has 4 nitrogen and oxygen atoms in total. The standard InChI is InChI=1S/C17H17NO3/c1-19-12-7-8-15(20-2)14(9-12)16(18)17-13-6-4-3-5-11(13)10-21-17/h3-10,16H,18H2,1-2H3. The summed E-state index contributed by atoms with van der Waals surface area (Å²) in [5.41, 5.74) is 7.23. The molecule has 108 valence electrons. The highest BCUT2D eigenvalue weighted by Gasteiger charge is 2.20. The number of hydrogen-bond acceptors (Lipinski definition) is 4. The molecular formula is C17H17NO3. The molecule has 0 saturated carbocycles. The smallest absolute Gasteiger partial charge is 0.132 e. The summed E-state index contributed by atoms with van der Waals surface area (Å²) in [6.07, 6.45) is 1.72. The molecule has 0 saturated heterocycles. The monoisotopic (exact) mass is 283 g/mol. The van der Waals surface area contributed by atoms with Gasteiger partial charge in [-0.3, -0.25) is 0 Å². The van der Waals surface area contributed by atoms with Crippen molar-refractivity contribution in [1.82, 2.24) is 0 Å². The first kappa shape index (κ1) is 13.5. The third kappa shape index (κ3) is 2.34. The lowest BCUT2D eigenvalue weighted by Crippen LogP contribution is -2.12. The molecule has 0 amide bonds. The second kappa shape index (κ2) is 5.50. The first-order valence-electron chi connectivity index (χ1n) is 6.68. The second-order valence-electron chi connectivity index (χ2n) is 4.77. The van der Waals surface area contributed by atoms with Crippen LogP contribution in [0.3, 0.4) is 0 Å². The molecule has 3 rings (SSSR count). The van der Waals surface area contributed by atoms with Gasteiger partial charge in [0.1, 0.15) is 17.3 Å². The lowest BCUT2D eigenvalue weighted by Gasteiger charge is -2.15. The minimum atomic E-state index is -0.421. The highest BCUT2D eigenvalue weighted by atomic mass is 16.5. The topological polar surface area (TPSA) is 57.6 Å². The van der Waals surface area contributed by atoms with E-state index >= 15 is 0 Å². The lowest BCUT2D eigenvalue weighted by atomic mass is 10.0. The Morgan fingerprint density at radius 3 is 2.62 bits per heavy atom. The summed E-state index contributed by atoms with van der Waals surface area (Å²) in [7, 11) is 3.25. The summed E-state index contributed by atoms with van der Waals surface area (Å²) in [5.74, 6) is 2.16. The van der Waals surface area contributed by atoms with Gasteiger partial charge in [0.25, 0.3) is 0 Å². The normalized spacial score (nSPS) is 12.3. The summed E-state index contributed by atoms with van der Waals surface area (Å²) < 4.78 is 16.3. The minimum absolute atomic E-state index is 0.421. The van der Waals surface area contributed by atoms with Crippen LogP contribution in [0, 0.1) is 0 Å². The van der Waals surface area contributed by atoms with Gasteiger partial charge in [0.2, 0.25) is 0 Å². The third-order valence-electron chi connectivity index (χ3n) is 3.59. The maximum absolute atomic E-state index is 6.40. The molecule has 0 bridgehead atoms. The first-order chi connectivity index (χ1) is 10.2.